The smallest absolute Gasteiger partial charge is 0.0655 e. The van der Waals surface area contributed by atoms with Crippen LogP contribution in [0.5, 0.6) is 0 Å². The number of alkyl halides is 1. The lowest BCUT2D eigenvalue weighted by Crippen LogP contribution is -1.95. The first-order chi connectivity index (χ1) is 9.61. The van der Waals surface area contributed by atoms with E-state index < -0.39 is 0 Å². The summed E-state index contributed by atoms with van der Waals surface area (Å²) in [5.74, 6) is 0. The summed E-state index contributed by atoms with van der Waals surface area (Å²) in [6.07, 6.45) is 3.69. The van der Waals surface area contributed by atoms with Crippen molar-refractivity contribution in [2.45, 2.75) is 37.9 Å². The average molecular weight is 396 g/mol. The first kappa shape index (κ1) is 15.8. The van der Waals surface area contributed by atoms with E-state index in [0.717, 1.165) is 4.47 Å². The van der Waals surface area contributed by atoms with Crippen molar-refractivity contribution in [1.82, 2.24) is 0 Å². The Morgan fingerprint density at radius 1 is 1.05 bits per heavy atom. The molecule has 0 saturated heterocycles. The molecule has 2 aromatic rings. The molecule has 20 heavy (non-hydrogen) atoms. The molecule has 0 N–H and O–H groups in total. The molecule has 0 nitrogen and oxygen atoms in total. The predicted molar refractivity (Wildman–Crippen MR) is 94.7 cm³/mol. The van der Waals surface area contributed by atoms with E-state index in [1.165, 1.54) is 41.5 Å². The topological polar surface area (TPSA) is 0 Å². The van der Waals surface area contributed by atoms with Crippen LogP contribution in [0.3, 0.4) is 0 Å². The minimum atomic E-state index is 0.234. The zero-order chi connectivity index (χ0) is 14.5. The summed E-state index contributed by atoms with van der Waals surface area (Å²) >= 11 is 7.48. The largest absolute Gasteiger partial charge is 0.0786 e. The van der Waals surface area contributed by atoms with E-state index in [4.69, 9.17) is 0 Å². The van der Waals surface area contributed by atoms with Gasteiger partial charge in [0, 0.05) is 4.47 Å². The first-order valence-corrected chi connectivity index (χ1v) is 8.81. The van der Waals surface area contributed by atoms with E-state index in [0.29, 0.717) is 0 Å². The Labute approximate surface area is 138 Å². The minimum Gasteiger partial charge on any atom is -0.0786 e. The van der Waals surface area contributed by atoms with Gasteiger partial charge in [0.05, 0.1) is 4.83 Å². The summed E-state index contributed by atoms with van der Waals surface area (Å²) in [6.45, 7) is 4.35. The molecule has 0 spiro atoms. The fourth-order valence-corrected chi connectivity index (χ4v) is 3.99. The summed E-state index contributed by atoms with van der Waals surface area (Å²) in [6, 6.07) is 15.5. The second-order valence-electron chi connectivity index (χ2n) is 5.23. The Hall–Kier alpha value is -0.600. The van der Waals surface area contributed by atoms with Crippen molar-refractivity contribution in [2.75, 3.05) is 0 Å². The standard InChI is InChI=1S/C18H20Br2/c1-3-4-5-14-7-9-15(10-8-14)18(20)16-11-6-13(2)12-17(16)19/h6-12,18H,3-5H2,1-2H3. The number of unbranched alkanes of at least 4 members (excludes halogenated alkanes) is 1. The molecule has 0 radical (unpaired) electrons. The van der Waals surface area contributed by atoms with Gasteiger partial charge in [-0.05, 0) is 48.1 Å². The average Bonchev–Trinajstić information content (AvgIpc) is 2.45. The number of rotatable bonds is 5. The van der Waals surface area contributed by atoms with Crippen molar-refractivity contribution in [3.63, 3.8) is 0 Å². The normalized spacial score (nSPS) is 12.4. The molecule has 1 atom stereocenters. The SMILES string of the molecule is CCCCc1ccc(C(Br)c2ccc(C)cc2Br)cc1. The molecule has 0 bridgehead atoms. The highest BCUT2D eigenvalue weighted by molar-refractivity contribution is 9.11. The van der Waals surface area contributed by atoms with Crippen LogP contribution >= 0.6 is 31.9 Å². The van der Waals surface area contributed by atoms with Crippen molar-refractivity contribution in [2.24, 2.45) is 0 Å². The Morgan fingerprint density at radius 2 is 1.75 bits per heavy atom. The van der Waals surface area contributed by atoms with Gasteiger partial charge in [0.15, 0.2) is 0 Å². The molecule has 0 heterocycles. The highest BCUT2D eigenvalue weighted by atomic mass is 79.9. The van der Waals surface area contributed by atoms with Crippen LogP contribution in [0, 0.1) is 6.92 Å². The summed E-state index contributed by atoms with van der Waals surface area (Å²) in [4.78, 5) is 0.234. The molecule has 0 saturated carbocycles. The number of aryl methyl sites for hydroxylation is 2. The lowest BCUT2D eigenvalue weighted by Gasteiger charge is -2.14. The first-order valence-electron chi connectivity index (χ1n) is 7.10. The summed E-state index contributed by atoms with van der Waals surface area (Å²) < 4.78 is 1.16. The van der Waals surface area contributed by atoms with Gasteiger partial charge in [0.2, 0.25) is 0 Å². The molecule has 106 valence electrons. The van der Waals surface area contributed by atoms with Crippen LogP contribution in [0.1, 0.15) is 46.8 Å². The van der Waals surface area contributed by atoms with Crippen LogP contribution < -0.4 is 0 Å². The van der Waals surface area contributed by atoms with Gasteiger partial charge in [-0.2, -0.15) is 0 Å². The molecule has 1 unspecified atom stereocenters. The lowest BCUT2D eigenvalue weighted by atomic mass is 10.0. The second kappa shape index (κ2) is 7.42. The van der Waals surface area contributed by atoms with Crippen molar-refractivity contribution in [1.29, 1.82) is 0 Å². The molecular formula is C18H20Br2. The van der Waals surface area contributed by atoms with Gasteiger partial charge in [-0.3, -0.25) is 0 Å². The van der Waals surface area contributed by atoms with E-state index in [1.807, 2.05) is 0 Å². The maximum Gasteiger partial charge on any atom is 0.0655 e. The van der Waals surface area contributed by atoms with Crippen molar-refractivity contribution >= 4 is 31.9 Å². The summed E-state index contributed by atoms with van der Waals surface area (Å²) in [5.41, 5.74) is 5.28. The van der Waals surface area contributed by atoms with E-state index in [2.05, 4.69) is 88.2 Å². The van der Waals surface area contributed by atoms with Crippen molar-refractivity contribution in [3.8, 4) is 0 Å². The highest BCUT2D eigenvalue weighted by Gasteiger charge is 2.13. The second-order valence-corrected chi connectivity index (χ2v) is 7.00. The number of hydrogen-bond acceptors (Lipinski definition) is 0. The monoisotopic (exact) mass is 394 g/mol. The van der Waals surface area contributed by atoms with Gasteiger partial charge in [0.1, 0.15) is 0 Å². The number of benzene rings is 2. The van der Waals surface area contributed by atoms with Crippen LogP contribution in [-0.4, -0.2) is 0 Å². The highest BCUT2D eigenvalue weighted by Crippen LogP contribution is 2.35. The quantitative estimate of drug-likeness (QED) is 0.501. The summed E-state index contributed by atoms with van der Waals surface area (Å²) in [7, 11) is 0. The van der Waals surface area contributed by atoms with Crippen LogP contribution in [0.4, 0.5) is 0 Å². The van der Waals surface area contributed by atoms with Gasteiger partial charge in [0.25, 0.3) is 0 Å². The lowest BCUT2D eigenvalue weighted by molar-refractivity contribution is 0.795. The third kappa shape index (κ3) is 3.95. The maximum atomic E-state index is 3.82. The van der Waals surface area contributed by atoms with Gasteiger partial charge in [-0.1, -0.05) is 81.6 Å². The maximum absolute atomic E-state index is 3.82. The van der Waals surface area contributed by atoms with Gasteiger partial charge >= 0.3 is 0 Å². The van der Waals surface area contributed by atoms with Gasteiger partial charge < -0.3 is 0 Å². The van der Waals surface area contributed by atoms with E-state index in [9.17, 15) is 0 Å². The van der Waals surface area contributed by atoms with Gasteiger partial charge in [-0.25, -0.2) is 0 Å². The fraction of sp³-hybridized carbons (Fsp3) is 0.333. The van der Waals surface area contributed by atoms with Crippen LogP contribution in [-0.2, 0) is 6.42 Å². The molecule has 0 aromatic heterocycles. The molecule has 2 heteroatoms. The van der Waals surface area contributed by atoms with Crippen molar-refractivity contribution < 1.29 is 0 Å². The third-order valence-electron chi connectivity index (χ3n) is 3.52. The molecule has 0 aliphatic carbocycles. The molecule has 0 fully saturated rings. The van der Waals surface area contributed by atoms with Crippen molar-refractivity contribution in [3.05, 3.63) is 69.2 Å². The number of halogens is 2. The minimum absolute atomic E-state index is 0.234. The molecule has 0 amide bonds. The number of hydrogen-bond donors (Lipinski definition) is 0. The molecule has 0 aliphatic heterocycles. The van der Waals surface area contributed by atoms with E-state index in [-0.39, 0.29) is 4.83 Å². The Morgan fingerprint density at radius 3 is 2.35 bits per heavy atom. The van der Waals surface area contributed by atoms with E-state index in [1.54, 1.807) is 0 Å². The van der Waals surface area contributed by atoms with Gasteiger partial charge in [-0.15, -0.1) is 0 Å². The Kier molecular flexibility index (Phi) is 5.86. The molecule has 0 aliphatic rings. The fourth-order valence-electron chi connectivity index (χ4n) is 2.25. The Balaban J connectivity index is 2.18. The zero-order valence-corrected chi connectivity index (χ0v) is 15.2. The third-order valence-corrected chi connectivity index (χ3v) is 5.23. The predicted octanol–water partition coefficient (Wildman–Crippen LogP) is 6.58. The Bertz CT molecular complexity index is 558. The summed E-state index contributed by atoms with van der Waals surface area (Å²) in [5, 5.41) is 0. The molecular weight excluding hydrogens is 376 g/mol. The zero-order valence-electron chi connectivity index (χ0n) is 12.0. The van der Waals surface area contributed by atoms with E-state index >= 15 is 0 Å². The van der Waals surface area contributed by atoms with Crippen LogP contribution in [0.2, 0.25) is 0 Å². The van der Waals surface area contributed by atoms with Crippen LogP contribution in [0.15, 0.2) is 46.9 Å². The molecule has 2 aromatic carbocycles. The molecule has 2 rings (SSSR count). The van der Waals surface area contributed by atoms with Crippen LogP contribution in [0.25, 0.3) is 0 Å².